The number of aromatic nitrogens is 2. The van der Waals surface area contributed by atoms with Gasteiger partial charge in [0.2, 0.25) is 0 Å². The minimum absolute atomic E-state index is 0.000379. The minimum atomic E-state index is -0.474. The van der Waals surface area contributed by atoms with Crippen LogP contribution in [0.15, 0.2) is 40.7 Å². The molecule has 25 heavy (non-hydrogen) atoms. The summed E-state index contributed by atoms with van der Waals surface area (Å²) >= 11 is 0. The number of rotatable bonds is 4. The minimum Gasteiger partial charge on any atom is -0.306 e. The number of nitrogens with zero attached hydrogens (tertiary/aromatic N) is 3. The maximum Gasteiger partial charge on any atom is 0.270 e. The van der Waals surface area contributed by atoms with Crippen LogP contribution in [0.25, 0.3) is 11.6 Å². The number of H-pyrrole nitrogens is 1. The van der Waals surface area contributed by atoms with E-state index < -0.39 is 10.5 Å². The Morgan fingerprint density at radius 1 is 1.40 bits per heavy atom. The maximum atomic E-state index is 11.9. The molecular weight excluding hydrogens is 320 g/mol. The summed E-state index contributed by atoms with van der Waals surface area (Å²) in [6, 6.07) is 8.13. The number of aromatic amines is 1. The average Bonchev–Trinajstić information content (AvgIpc) is 2.54. The molecule has 0 bridgehead atoms. The van der Waals surface area contributed by atoms with E-state index >= 15 is 0 Å². The molecule has 0 aliphatic rings. The summed E-state index contributed by atoms with van der Waals surface area (Å²) in [5.74, 6) is 0.383. The number of hydrogen-bond acceptors (Lipinski definition) is 5. The van der Waals surface area contributed by atoms with Gasteiger partial charge in [-0.05, 0) is 31.9 Å². The van der Waals surface area contributed by atoms with Gasteiger partial charge in [0.05, 0.1) is 10.6 Å². The predicted molar refractivity (Wildman–Crippen MR) is 94.7 cm³/mol. The van der Waals surface area contributed by atoms with Crippen molar-refractivity contribution in [3.8, 4) is 6.07 Å². The normalized spacial score (nSPS) is 11.9. The van der Waals surface area contributed by atoms with Crippen LogP contribution in [0.1, 0.15) is 36.5 Å². The summed E-state index contributed by atoms with van der Waals surface area (Å²) in [7, 11) is 0. The number of aryl methyl sites for hydroxylation is 1. The van der Waals surface area contributed by atoms with Gasteiger partial charge in [-0.3, -0.25) is 14.9 Å². The summed E-state index contributed by atoms with van der Waals surface area (Å²) in [6.45, 7) is 5.24. The Labute approximate surface area is 144 Å². The monoisotopic (exact) mass is 336 g/mol. The Hall–Kier alpha value is -3.53. The first-order chi connectivity index (χ1) is 11.8. The molecule has 2 aromatic rings. The molecule has 0 spiro atoms. The van der Waals surface area contributed by atoms with Crippen LogP contribution in [0.3, 0.4) is 0 Å². The topological polar surface area (TPSA) is 113 Å². The lowest BCUT2D eigenvalue weighted by Gasteiger charge is -2.04. The Morgan fingerprint density at radius 2 is 2.12 bits per heavy atom. The second kappa shape index (κ2) is 7.36. The van der Waals surface area contributed by atoms with E-state index in [1.807, 2.05) is 19.1 Å². The molecule has 0 saturated carbocycles. The molecule has 1 aromatic carbocycles. The molecule has 0 amide bonds. The van der Waals surface area contributed by atoms with Crippen LogP contribution >= 0.6 is 0 Å². The van der Waals surface area contributed by atoms with E-state index in [1.54, 1.807) is 32.1 Å². The highest BCUT2D eigenvalue weighted by atomic mass is 16.6. The molecule has 1 heterocycles. The summed E-state index contributed by atoms with van der Waals surface area (Å²) in [6.07, 6.45) is 3.60. The van der Waals surface area contributed by atoms with Crippen molar-refractivity contribution in [2.24, 2.45) is 0 Å². The first kappa shape index (κ1) is 17.8. The SMILES string of the molecule is CC(=C\c1cccc([N+](=O)[O-])c1)/C=C(\C)c1nc(C)c(C#N)c(=O)[nH]1. The van der Waals surface area contributed by atoms with E-state index in [4.69, 9.17) is 5.26 Å². The molecule has 2 rings (SSSR count). The first-order valence-electron chi connectivity index (χ1n) is 7.44. The van der Waals surface area contributed by atoms with E-state index in [9.17, 15) is 14.9 Å². The zero-order chi connectivity index (χ0) is 18.6. The second-order valence-electron chi connectivity index (χ2n) is 5.55. The summed E-state index contributed by atoms with van der Waals surface area (Å²) in [5, 5.41) is 19.7. The average molecular weight is 336 g/mol. The lowest BCUT2D eigenvalue weighted by molar-refractivity contribution is -0.384. The summed E-state index contributed by atoms with van der Waals surface area (Å²) < 4.78 is 0. The molecule has 126 valence electrons. The van der Waals surface area contributed by atoms with Crippen molar-refractivity contribution >= 4 is 17.3 Å². The highest BCUT2D eigenvalue weighted by molar-refractivity contribution is 5.66. The number of benzene rings is 1. The van der Waals surface area contributed by atoms with Crippen LogP contribution < -0.4 is 5.56 Å². The van der Waals surface area contributed by atoms with Crippen molar-refractivity contribution < 1.29 is 4.92 Å². The van der Waals surface area contributed by atoms with Crippen LogP contribution in [0.5, 0.6) is 0 Å². The van der Waals surface area contributed by atoms with Crippen molar-refractivity contribution in [2.75, 3.05) is 0 Å². The van der Waals surface area contributed by atoms with Crippen molar-refractivity contribution in [3.63, 3.8) is 0 Å². The molecule has 0 radical (unpaired) electrons. The maximum absolute atomic E-state index is 11.9. The Kier molecular flexibility index (Phi) is 5.25. The zero-order valence-corrected chi connectivity index (χ0v) is 14.0. The smallest absolute Gasteiger partial charge is 0.270 e. The molecule has 1 N–H and O–H groups in total. The lowest BCUT2D eigenvalue weighted by atomic mass is 10.1. The number of nitriles is 1. The van der Waals surface area contributed by atoms with Gasteiger partial charge in [0.15, 0.2) is 0 Å². The molecule has 0 aliphatic heterocycles. The highest BCUT2D eigenvalue weighted by Crippen LogP contribution is 2.18. The number of hydrogen-bond donors (Lipinski definition) is 1. The van der Waals surface area contributed by atoms with Crippen LogP contribution in [0.4, 0.5) is 5.69 Å². The summed E-state index contributed by atoms with van der Waals surface area (Å²) in [5.41, 5.74) is 2.17. The third-order valence-corrected chi connectivity index (χ3v) is 3.51. The molecule has 0 aliphatic carbocycles. The predicted octanol–water partition coefficient (Wildman–Crippen LogP) is 3.37. The number of nitro groups is 1. The van der Waals surface area contributed by atoms with Crippen molar-refractivity contribution in [2.45, 2.75) is 20.8 Å². The fraction of sp³-hybridized carbons (Fsp3) is 0.167. The number of allylic oxidation sites excluding steroid dienone is 3. The standard InChI is InChI=1S/C18H16N4O3/c1-11(8-14-5-4-6-15(9-14)22(24)25)7-12(2)17-20-13(3)16(10-19)18(23)21-17/h4-9H,1-3H3,(H,20,21,23)/b11-8+,12-7+. The van der Waals surface area contributed by atoms with Gasteiger partial charge >= 0.3 is 0 Å². The molecule has 0 saturated heterocycles. The zero-order valence-electron chi connectivity index (χ0n) is 14.0. The Bertz CT molecular complexity index is 994. The van der Waals surface area contributed by atoms with Gasteiger partial charge in [-0.25, -0.2) is 4.98 Å². The van der Waals surface area contributed by atoms with Gasteiger partial charge < -0.3 is 4.98 Å². The van der Waals surface area contributed by atoms with Crippen molar-refractivity contribution in [3.05, 3.63) is 79.0 Å². The first-order valence-corrected chi connectivity index (χ1v) is 7.44. The molecule has 7 heteroatoms. The van der Waals surface area contributed by atoms with Crippen LogP contribution in [-0.4, -0.2) is 14.9 Å². The van der Waals surface area contributed by atoms with E-state index in [0.29, 0.717) is 22.7 Å². The van der Waals surface area contributed by atoms with E-state index in [1.165, 1.54) is 12.1 Å². The van der Waals surface area contributed by atoms with Crippen LogP contribution in [0.2, 0.25) is 0 Å². The van der Waals surface area contributed by atoms with Crippen LogP contribution in [-0.2, 0) is 0 Å². The van der Waals surface area contributed by atoms with Crippen LogP contribution in [0, 0.1) is 28.4 Å². The fourth-order valence-electron chi connectivity index (χ4n) is 2.35. The number of non-ortho nitro benzene ring substituents is 1. The Morgan fingerprint density at radius 3 is 2.72 bits per heavy atom. The largest absolute Gasteiger partial charge is 0.306 e. The number of nitrogens with one attached hydrogen (secondary N) is 1. The molecule has 7 nitrogen and oxygen atoms in total. The van der Waals surface area contributed by atoms with Gasteiger partial charge in [-0.15, -0.1) is 0 Å². The summed E-state index contributed by atoms with van der Waals surface area (Å²) in [4.78, 5) is 29.1. The quantitative estimate of drug-likeness (QED) is 0.522. The molecule has 0 atom stereocenters. The second-order valence-corrected chi connectivity index (χ2v) is 5.55. The Balaban J connectivity index is 2.36. The van der Waals surface area contributed by atoms with Gasteiger partial charge in [-0.1, -0.05) is 29.9 Å². The molecule has 0 unspecified atom stereocenters. The van der Waals surface area contributed by atoms with Gasteiger partial charge in [0.1, 0.15) is 17.5 Å². The van der Waals surface area contributed by atoms with E-state index in [0.717, 1.165) is 5.57 Å². The lowest BCUT2D eigenvalue weighted by Crippen LogP contribution is -2.16. The molecular formula is C18H16N4O3. The fourth-order valence-corrected chi connectivity index (χ4v) is 2.35. The molecule has 1 aromatic heterocycles. The van der Waals surface area contributed by atoms with Gasteiger partial charge in [0.25, 0.3) is 11.2 Å². The van der Waals surface area contributed by atoms with Crippen molar-refractivity contribution in [1.82, 2.24) is 9.97 Å². The van der Waals surface area contributed by atoms with Crippen molar-refractivity contribution in [1.29, 1.82) is 5.26 Å². The van der Waals surface area contributed by atoms with E-state index in [-0.39, 0.29) is 11.3 Å². The number of nitro benzene ring substituents is 1. The van der Waals surface area contributed by atoms with Gasteiger partial charge in [-0.2, -0.15) is 5.26 Å². The van der Waals surface area contributed by atoms with Gasteiger partial charge in [0, 0.05) is 12.1 Å². The third-order valence-electron chi connectivity index (χ3n) is 3.51. The highest BCUT2D eigenvalue weighted by Gasteiger charge is 2.08. The van der Waals surface area contributed by atoms with E-state index in [2.05, 4.69) is 9.97 Å². The third kappa shape index (κ3) is 4.26. The molecule has 0 fully saturated rings.